The van der Waals surface area contributed by atoms with Gasteiger partial charge in [0.15, 0.2) is 5.78 Å². The highest BCUT2D eigenvalue weighted by Gasteiger charge is 2.14. The first kappa shape index (κ1) is 14.6. The van der Waals surface area contributed by atoms with Gasteiger partial charge in [-0.25, -0.2) is 0 Å². The summed E-state index contributed by atoms with van der Waals surface area (Å²) in [6.45, 7) is 0. The summed E-state index contributed by atoms with van der Waals surface area (Å²) in [5.41, 5.74) is 1.10. The fourth-order valence-corrected chi connectivity index (χ4v) is 2.57. The number of phenolic OH excluding ortho intramolecular Hbond substituents is 1. The Morgan fingerprint density at radius 3 is 2.42 bits per heavy atom. The molecule has 0 aromatic heterocycles. The van der Waals surface area contributed by atoms with E-state index in [1.165, 1.54) is 12.1 Å². The van der Waals surface area contributed by atoms with Crippen molar-refractivity contribution in [2.75, 3.05) is 0 Å². The highest BCUT2D eigenvalue weighted by atomic mass is 127. The molecular weight excluding hydrogens is 398 g/mol. The van der Waals surface area contributed by atoms with Crippen LogP contribution in [0.3, 0.4) is 0 Å². The van der Waals surface area contributed by atoms with E-state index in [-0.39, 0.29) is 23.5 Å². The highest BCUT2D eigenvalue weighted by molar-refractivity contribution is 14.1. The molecule has 0 aliphatic carbocycles. The number of phenols is 1. The van der Waals surface area contributed by atoms with Crippen LogP contribution in [0.25, 0.3) is 0 Å². The number of carbonyl (C=O) groups excluding carboxylic acids is 1. The van der Waals surface area contributed by atoms with Gasteiger partial charge in [-0.15, -0.1) is 0 Å². The van der Waals surface area contributed by atoms with Crippen molar-refractivity contribution in [2.24, 2.45) is 0 Å². The Kier molecular flexibility index (Phi) is 4.71. The summed E-state index contributed by atoms with van der Waals surface area (Å²) in [7, 11) is 0. The maximum Gasteiger partial charge on any atom is 0.170 e. The minimum absolute atomic E-state index is 0.102. The highest BCUT2D eigenvalue weighted by Crippen LogP contribution is 2.25. The lowest BCUT2D eigenvalue weighted by Crippen LogP contribution is -2.05. The van der Waals surface area contributed by atoms with E-state index in [4.69, 9.17) is 23.2 Å². The summed E-state index contributed by atoms with van der Waals surface area (Å²) in [6.07, 6.45) is 0.189. The van der Waals surface area contributed by atoms with E-state index in [0.717, 1.165) is 9.13 Å². The molecule has 1 N–H and O–H groups in total. The maximum absolute atomic E-state index is 12.2. The second-order valence-corrected chi connectivity index (χ2v) is 6.03. The van der Waals surface area contributed by atoms with Gasteiger partial charge in [-0.2, -0.15) is 0 Å². The van der Waals surface area contributed by atoms with Crippen LogP contribution in [0.15, 0.2) is 36.4 Å². The molecule has 0 spiro atoms. The van der Waals surface area contributed by atoms with Gasteiger partial charge in [0.1, 0.15) is 5.75 Å². The number of hydrogen-bond acceptors (Lipinski definition) is 2. The predicted molar refractivity (Wildman–Crippen MR) is 85.3 cm³/mol. The molecule has 5 heteroatoms. The van der Waals surface area contributed by atoms with E-state index in [1.54, 1.807) is 18.2 Å². The number of benzene rings is 2. The van der Waals surface area contributed by atoms with Crippen molar-refractivity contribution in [2.45, 2.75) is 6.42 Å². The fourth-order valence-electron chi connectivity index (χ4n) is 1.69. The number of hydrogen-bond donors (Lipinski definition) is 1. The lowest BCUT2D eigenvalue weighted by atomic mass is 10.0. The number of Topliss-reactive ketones (excluding diaryl/α,β-unsaturated/α-hetero) is 1. The molecule has 0 radical (unpaired) electrons. The van der Waals surface area contributed by atoms with E-state index in [2.05, 4.69) is 22.6 Å². The molecule has 0 heterocycles. The SMILES string of the molecule is O=C(Cc1cc(Cl)ccc1I)c1ccc(Cl)cc1O. The molecule has 0 amide bonds. The third kappa shape index (κ3) is 3.61. The zero-order valence-corrected chi connectivity index (χ0v) is 13.3. The molecule has 0 bridgehead atoms. The molecule has 0 unspecified atom stereocenters. The van der Waals surface area contributed by atoms with E-state index in [0.29, 0.717) is 10.0 Å². The summed E-state index contributed by atoms with van der Waals surface area (Å²) in [6, 6.07) is 9.85. The molecule has 0 saturated carbocycles. The molecule has 0 saturated heterocycles. The third-order valence-electron chi connectivity index (χ3n) is 2.62. The lowest BCUT2D eigenvalue weighted by Gasteiger charge is -2.06. The Bertz CT molecular complexity index is 641. The first-order chi connectivity index (χ1) is 8.97. The van der Waals surface area contributed by atoms with Gasteiger partial charge in [0.05, 0.1) is 5.56 Å². The van der Waals surface area contributed by atoms with Gasteiger partial charge in [-0.05, 0) is 64.6 Å². The van der Waals surface area contributed by atoms with E-state index >= 15 is 0 Å². The Balaban J connectivity index is 2.28. The van der Waals surface area contributed by atoms with Gasteiger partial charge in [0.25, 0.3) is 0 Å². The largest absolute Gasteiger partial charge is 0.507 e. The standard InChI is InChI=1S/C14H9Cl2IO2/c15-9-2-4-12(17)8(5-9)6-13(18)11-3-1-10(16)7-14(11)19/h1-5,7,19H,6H2. The summed E-state index contributed by atoms with van der Waals surface area (Å²) in [5.74, 6) is -0.274. The Morgan fingerprint density at radius 1 is 1.11 bits per heavy atom. The number of rotatable bonds is 3. The monoisotopic (exact) mass is 406 g/mol. The molecule has 19 heavy (non-hydrogen) atoms. The molecule has 2 nitrogen and oxygen atoms in total. The number of aromatic hydroxyl groups is 1. The van der Waals surface area contributed by atoms with Crippen molar-refractivity contribution in [3.8, 4) is 5.75 Å². The van der Waals surface area contributed by atoms with Crippen LogP contribution < -0.4 is 0 Å². The molecule has 0 aliphatic heterocycles. The second kappa shape index (κ2) is 6.11. The smallest absolute Gasteiger partial charge is 0.170 e. The van der Waals surface area contributed by atoms with Gasteiger partial charge in [-0.1, -0.05) is 23.2 Å². The normalized spacial score (nSPS) is 10.5. The van der Waals surface area contributed by atoms with Crippen molar-refractivity contribution < 1.29 is 9.90 Å². The summed E-state index contributed by atoms with van der Waals surface area (Å²) in [4.78, 5) is 12.2. The predicted octanol–water partition coefficient (Wildman–Crippen LogP) is 4.73. The van der Waals surface area contributed by atoms with Crippen molar-refractivity contribution >= 4 is 51.6 Å². The maximum atomic E-state index is 12.2. The van der Waals surface area contributed by atoms with Crippen LogP contribution in [0.4, 0.5) is 0 Å². The second-order valence-electron chi connectivity index (χ2n) is 4.00. The molecule has 2 rings (SSSR count). The van der Waals surface area contributed by atoms with Crippen molar-refractivity contribution in [3.63, 3.8) is 0 Å². The van der Waals surface area contributed by atoms with E-state index in [9.17, 15) is 9.90 Å². The number of ketones is 1. The van der Waals surface area contributed by atoms with Gasteiger partial charge >= 0.3 is 0 Å². The fraction of sp³-hybridized carbons (Fsp3) is 0.0714. The first-order valence-corrected chi connectivity index (χ1v) is 7.26. The van der Waals surface area contributed by atoms with Crippen LogP contribution in [0, 0.1) is 3.57 Å². The van der Waals surface area contributed by atoms with Crippen LogP contribution in [0.5, 0.6) is 5.75 Å². The number of carbonyl (C=O) groups is 1. The average molecular weight is 407 g/mol. The zero-order valence-electron chi connectivity index (χ0n) is 9.66. The molecule has 0 atom stereocenters. The van der Waals surface area contributed by atoms with Gasteiger partial charge in [0, 0.05) is 20.0 Å². The molecule has 2 aromatic carbocycles. The van der Waals surface area contributed by atoms with Crippen LogP contribution in [0.2, 0.25) is 10.0 Å². The van der Waals surface area contributed by atoms with Crippen LogP contribution in [-0.2, 0) is 6.42 Å². The van der Waals surface area contributed by atoms with Gasteiger partial charge in [-0.3, -0.25) is 4.79 Å². The minimum Gasteiger partial charge on any atom is -0.507 e. The molecular formula is C14H9Cl2IO2. The molecule has 0 fully saturated rings. The molecule has 0 aliphatic rings. The van der Waals surface area contributed by atoms with Crippen molar-refractivity contribution in [1.29, 1.82) is 0 Å². The Morgan fingerprint density at radius 2 is 1.74 bits per heavy atom. The zero-order chi connectivity index (χ0) is 14.0. The summed E-state index contributed by atoms with van der Waals surface area (Å²) >= 11 is 13.8. The summed E-state index contributed by atoms with van der Waals surface area (Å²) in [5, 5.41) is 10.7. The van der Waals surface area contributed by atoms with E-state index < -0.39 is 0 Å². The third-order valence-corrected chi connectivity index (χ3v) is 4.14. The lowest BCUT2D eigenvalue weighted by molar-refractivity contribution is 0.0990. The topological polar surface area (TPSA) is 37.3 Å². The molecule has 98 valence electrons. The van der Waals surface area contributed by atoms with Crippen molar-refractivity contribution in [1.82, 2.24) is 0 Å². The van der Waals surface area contributed by atoms with Crippen LogP contribution >= 0.6 is 45.8 Å². The van der Waals surface area contributed by atoms with Crippen LogP contribution in [-0.4, -0.2) is 10.9 Å². The van der Waals surface area contributed by atoms with E-state index in [1.807, 2.05) is 6.07 Å². The number of halogens is 3. The minimum atomic E-state index is -0.172. The Labute approximate surface area is 134 Å². The molecule has 2 aromatic rings. The Hall–Kier alpha value is -0.780. The van der Waals surface area contributed by atoms with Crippen LogP contribution in [0.1, 0.15) is 15.9 Å². The van der Waals surface area contributed by atoms with Gasteiger partial charge in [0.2, 0.25) is 0 Å². The quantitative estimate of drug-likeness (QED) is 0.591. The first-order valence-electron chi connectivity index (χ1n) is 5.43. The summed E-state index contributed by atoms with van der Waals surface area (Å²) < 4.78 is 0.962. The van der Waals surface area contributed by atoms with Crippen molar-refractivity contribution in [3.05, 3.63) is 61.1 Å². The van der Waals surface area contributed by atoms with Gasteiger partial charge < -0.3 is 5.11 Å². The average Bonchev–Trinajstić information content (AvgIpc) is 2.33.